The second-order valence-electron chi connectivity index (χ2n) is 3.05. The largest absolute Gasteiger partial charge is 0.510 e. The lowest BCUT2D eigenvalue weighted by Gasteiger charge is -2.05. The highest BCUT2D eigenvalue weighted by atomic mass is 16.6. The van der Waals surface area contributed by atoms with Crippen molar-refractivity contribution in [1.29, 1.82) is 0 Å². The molecule has 1 aromatic heterocycles. The summed E-state index contributed by atoms with van der Waals surface area (Å²) in [5.74, 6) is 0.131. The number of aromatic nitrogens is 1. The fourth-order valence-electron chi connectivity index (χ4n) is 1.55. The van der Waals surface area contributed by atoms with E-state index in [0.29, 0.717) is 17.0 Å². The van der Waals surface area contributed by atoms with Gasteiger partial charge in [0.15, 0.2) is 0 Å². The summed E-state index contributed by atoms with van der Waals surface area (Å²) >= 11 is 0. The number of aliphatic hydroxyl groups is 1. The van der Waals surface area contributed by atoms with Crippen molar-refractivity contribution in [3.63, 3.8) is 0 Å². The van der Waals surface area contributed by atoms with Crippen molar-refractivity contribution in [3.05, 3.63) is 39.0 Å². The van der Waals surface area contributed by atoms with Crippen LogP contribution >= 0.6 is 0 Å². The van der Waals surface area contributed by atoms with Crippen molar-refractivity contribution in [2.24, 2.45) is 0 Å². The topological polar surface area (TPSA) is 76.3 Å². The number of aliphatic hydroxyl groups excluding tert-OH is 1. The number of hydrogen-bond donors (Lipinski definition) is 1. The van der Waals surface area contributed by atoms with Gasteiger partial charge in [0.05, 0.1) is 10.1 Å². The van der Waals surface area contributed by atoms with Gasteiger partial charge < -0.3 is 5.11 Å². The fourth-order valence-corrected chi connectivity index (χ4v) is 1.55. The molecule has 1 N–H and O–H groups in total. The lowest BCUT2D eigenvalue weighted by Crippen LogP contribution is -2.36. The van der Waals surface area contributed by atoms with E-state index in [4.69, 9.17) is 0 Å². The second-order valence-corrected chi connectivity index (χ2v) is 3.05. The predicted octanol–water partition coefficient (Wildman–Crippen LogP) is -0.0735. The number of rotatable bonds is 1. The Morgan fingerprint density at radius 3 is 3.00 bits per heavy atom. The predicted molar refractivity (Wildman–Crippen MR) is 49.2 cm³/mol. The van der Waals surface area contributed by atoms with E-state index < -0.39 is 4.92 Å². The molecule has 1 aliphatic carbocycles. The van der Waals surface area contributed by atoms with Crippen LogP contribution in [0.15, 0.2) is 18.3 Å². The van der Waals surface area contributed by atoms with Crippen molar-refractivity contribution in [2.75, 3.05) is 0 Å². The number of pyridine rings is 1. The summed E-state index contributed by atoms with van der Waals surface area (Å²) in [5.41, 5.74) is 0.130. The Morgan fingerprint density at radius 1 is 1.50 bits per heavy atom. The van der Waals surface area contributed by atoms with Crippen LogP contribution in [0.2, 0.25) is 0 Å². The van der Waals surface area contributed by atoms with E-state index in [-0.39, 0.29) is 17.9 Å². The van der Waals surface area contributed by atoms with Gasteiger partial charge in [-0.2, -0.15) is 0 Å². The molecule has 1 aliphatic rings. The second kappa shape index (κ2) is 3.10. The standard InChI is InChI=1S/C9H8N2O3/c12-8-4-3-7(11(13)14)6-2-1-5-10-9(6)8/h1-2,5,12H,3-4H2. The first-order chi connectivity index (χ1) is 6.70. The average Bonchev–Trinajstić information content (AvgIpc) is 2.18. The molecule has 0 bridgehead atoms. The fraction of sp³-hybridized carbons (Fsp3) is 0.222. The Bertz CT molecular complexity index is 507. The zero-order chi connectivity index (χ0) is 10.1. The van der Waals surface area contributed by atoms with E-state index in [1.54, 1.807) is 12.1 Å². The van der Waals surface area contributed by atoms with E-state index in [2.05, 4.69) is 4.98 Å². The van der Waals surface area contributed by atoms with Gasteiger partial charge in [0.25, 0.3) is 5.70 Å². The summed E-state index contributed by atoms with van der Waals surface area (Å²) in [6, 6.07) is 3.23. The molecule has 14 heavy (non-hydrogen) atoms. The summed E-state index contributed by atoms with van der Waals surface area (Å²) in [5, 5.41) is 20.9. The molecule has 0 spiro atoms. The Morgan fingerprint density at radius 2 is 2.29 bits per heavy atom. The van der Waals surface area contributed by atoms with E-state index in [1.165, 1.54) is 6.20 Å². The molecule has 72 valence electrons. The van der Waals surface area contributed by atoms with Crippen LogP contribution in [-0.2, 0) is 0 Å². The molecule has 0 aliphatic heterocycles. The van der Waals surface area contributed by atoms with Gasteiger partial charge in [-0.15, -0.1) is 0 Å². The van der Waals surface area contributed by atoms with E-state index >= 15 is 0 Å². The minimum Gasteiger partial charge on any atom is -0.510 e. The molecule has 0 saturated carbocycles. The molecule has 0 saturated heterocycles. The van der Waals surface area contributed by atoms with Gasteiger partial charge in [-0.1, -0.05) is 0 Å². The molecule has 1 aromatic rings. The lowest BCUT2D eigenvalue weighted by atomic mass is 10.1. The normalized spacial score (nSPS) is 15.1. The molecule has 0 atom stereocenters. The maximum Gasteiger partial charge on any atom is 0.256 e. The van der Waals surface area contributed by atoms with Crippen molar-refractivity contribution < 1.29 is 10.0 Å². The van der Waals surface area contributed by atoms with Crippen molar-refractivity contribution in [2.45, 2.75) is 12.8 Å². The highest BCUT2D eigenvalue weighted by Gasteiger charge is 2.19. The molecule has 0 fully saturated rings. The van der Waals surface area contributed by atoms with Crippen LogP contribution in [0.4, 0.5) is 0 Å². The first kappa shape index (κ1) is 8.68. The molecular weight excluding hydrogens is 184 g/mol. The van der Waals surface area contributed by atoms with Crippen LogP contribution in [0.1, 0.15) is 12.8 Å². The van der Waals surface area contributed by atoms with Crippen molar-refractivity contribution >= 4 is 11.5 Å². The SMILES string of the molecule is O=[N+]([O-])C1=c2cccnc2=C(O)CC1. The monoisotopic (exact) mass is 192 g/mol. The Hall–Kier alpha value is -1.91. The average molecular weight is 192 g/mol. The van der Waals surface area contributed by atoms with Crippen LogP contribution in [-0.4, -0.2) is 15.0 Å². The van der Waals surface area contributed by atoms with Gasteiger partial charge in [0, 0.05) is 19.0 Å². The first-order valence-corrected chi connectivity index (χ1v) is 4.21. The van der Waals surface area contributed by atoms with Gasteiger partial charge in [-0.05, 0) is 12.1 Å². The zero-order valence-electron chi connectivity index (χ0n) is 7.30. The van der Waals surface area contributed by atoms with Gasteiger partial charge in [0.1, 0.15) is 11.1 Å². The maximum atomic E-state index is 10.7. The summed E-state index contributed by atoms with van der Waals surface area (Å²) < 4.78 is 0. The molecule has 5 heteroatoms. The highest BCUT2D eigenvalue weighted by molar-refractivity contribution is 5.47. The Labute approximate surface area is 79.2 Å². The number of hydrogen-bond acceptors (Lipinski definition) is 4. The van der Waals surface area contributed by atoms with E-state index in [9.17, 15) is 15.2 Å². The first-order valence-electron chi connectivity index (χ1n) is 4.21. The van der Waals surface area contributed by atoms with Gasteiger partial charge >= 0.3 is 0 Å². The molecule has 2 rings (SSSR count). The molecule has 0 radical (unpaired) electrons. The number of fused-ring (bicyclic) bond motifs is 1. The van der Waals surface area contributed by atoms with Crippen molar-refractivity contribution in [3.8, 4) is 0 Å². The van der Waals surface area contributed by atoms with Crippen LogP contribution in [0.5, 0.6) is 0 Å². The Kier molecular flexibility index (Phi) is 1.92. The van der Waals surface area contributed by atoms with Gasteiger partial charge in [0.2, 0.25) is 0 Å². The van der Waals surface area contributed by atoms with Crippen LogP contribution in [0.25, 0.3) is 11.5 Å². The lowest BCUT2D eigenvalue weighted by molar-refractivity contribution is -0.382. The highest BCUT2D eigenvalue weighted by Crippen LogP contribution is 2.11. The van der Waals surface area contributed by atoms with Gasteiger partial charge in [-0.3, -0.25) is 15.1 Å². The summed E-state index contributed by atoms with van der Waals surface area (Å²) in [4.78, 5) is 14.2. The quantitative estimate of drug-likeness (QED) is 0.499. The van der Waals surface area contributed by atoms with Crippen LogP contribution in [0.3, 0.4) is 0 Å². The summed E-state index contributed by atoms with van der Waals surface area (Å²) in [6.45, 7) is 0. The number of nitrogens with zero attached hydrogens (tertiary/aromatic N) is 2. The number of nitro groups is 1. The van der Waals surface area contributed by atoms with E-state index in [0.717, 1.165) is 0 Å². The third-order valence-corrected chi connectivity index (χ3v) is 2.21. The molecule has 0 aromatic carbocycles. The van der Waals surface area contributed by atoms with Crippen molar-refractivity contribution in [1.82, 2.24) is 4.98 Å². The zero-order valence-corrected chi connectivity index (χ0v) is 7.30. The minimum atomic E-state index is -0.410. The summed E-state index contributed by atoms with van der Waals surface area (Å²) in [6.07, 6.45) is 2.07. The molecule has 5 nitrogen and oxygen atoms in total. The summed E-state index contributed by atoms with van der Waals surface area (Å²) in [7, 11) is 0. The molecule has 0 unspecified atom stereocenters. The molecule has 1 heterocycles. The van der Waals surface area contributed by atoms with Crippen LogP contribution in [0, 0.1) is 10.1 Å². The van der Waals surface area contributed by atoms with Crippen LogP contribution < -0.4 is 10.6 Å². The Balaban J connectivity index is 2.90. The smallest absolute Gasteiger partial charge is 0.256 e. The molecular formula is C9H8N2O3. The third-order valence-electron chi connectivity index (χ3n) is 2.21. The van der Waals surface area contributed by atoms with Gasteiger partial charge in [-0.25, -0.2) is 0 Å². The maximum absolute atomic E-state index is 10.7. The molecule has 0 amide bonds. The third kappa shape index (κ3) is 1.22. The minimum absolute atomic E-state index is 0.130. The van der Waals surface area contributed by atoms with E-state index in [1.807, 2.05) is 0 Å².